The highest BCUT2D eigenvalue weighted by Gasteiger charge is 2.40. The number of phosphoric acid groups is 1. The van der Waals surface area contributed by atoms with Crippen molar-refractivity contribution in [2.45, 2.75) is 24.9 Å². The number of ether oxygens (including phenoxy) is 1. The summed E-state index contributed by atoms with van der Waals surface area (Å²) in [4.78, 5) is 39.3. The molecule has 0 spiro atoms. The van der Waals surface area contributed by atoms with Crippen molar-refractivity contribution in [1.29, 1.82) is 0 Å². The van der Waals surface area contributed by atoms with Crippen LogP contribution in [0.5, 0.6) is 0 Å². The van der Waals surface area contributed by atoms with Crippen molar-refractivity contribution in [1.82, 2.24) is 19.5 Å². The average Bonchev–Trinajstić information content (AvgIpc) is 3.00. The summed E-state index contributed by atoms with van der Waals surface area (Å²) in [6.07, 6.45) is -1.33. The lowest BCUT2D eigenvalue weighted by Gasteiger charge is -2.16. The molecule has 0 radical (unpaired) electrons. The van der Waals surface area contributed by atoms with Crippen LogP contribution in [0.25, 0.3) is 11.2 Å². The average molecular weight is 347 g/mol. The maximum atomic E-state index is 11.4. The van der Waals surface area contributed by atoms with E-state index in [1.165, 1.54) is 10.9 Å². The molecule has 0 aliphatic carbocycles. The minimum absolute atomic E-state index is 0.0338. The molecule has 0 amide bonds. The number of H-pyrrole nitrogens is 1. The van der Waals surface area contributed by atoms with E-state index in [-0.39, 0.29) is 23.4 Å². The monoisotopic (exact) mass is 347 g/mol. The van der Waals surface area contributed by atoms with Gasteiger partial charge in [-0.2, -0.15) is 4.98 Å². The van der Waals surface area contributed by atoms with Crippen LogP contribution in [0.1, 0.15) is 12.6 Å². The Kier molecular flexibility index (Phi) is 3.96. The van der Waals surface area contributed by atoms with E-state index in [9.17, 15) is 14.5 Å². The summed E-state index contributed by atoms with van der Waals surface area (Å²) in [5.41, 5.74) is 5.46. The Balaban J connectivity index is 1.94. The zero-order valence-corrected chi connectivity index (χ0v) is 12.5. The van der Waals surface area contributed by atoms with Gasteiger partial charge >= 0.3 is 13.5 Å². The van der Waals surface area contributed by atoms with Crippen LogP contribution < -0.4 is 11.4 Å². The Bertz CT molecular complexity index is 829. The highest BCUT2D eigenvalue weighted by molar-refractivity contribution is 7.46. The molecular weight excluding hydrogens is 333 g/mol. The first-order valence-corrected chi connectivity index (χ1v) is 8.04. The van der Waals surface area contributed by atoms with Crippen molar-refractivity contribution in [2.24, 2.45) is 0 Å². The fourth-order valence-electron chi connectivity index (χ4n) is 2.50. The van der Waals surface area contributed by atoms with Gasteiger partial charge < -0.3 is 25.4 Å². The molecule has 1 unspecified atom stereocenters. The first-order valence-electron chi connectivity index (χ1n) is 6.51. The molecule has 1 aliphatic rings. The fraction of sp³-hybridized carbons (Fsp3) is 0.500. The number of hydrogen-bond acceptors (Lipinski definition) is 8. The fourth-order valence-corrected chi connectivity index (χ4v) is 3.08. The minimum Gasteiger partial charge on any atom is -0.394 e. The molecule has 0 bridgehead atoms. The predicted molar refractivity (Wildman–Crippen MR) is 75.1 cm³/mol. The van der Waals surface area contributed by atoms with Gasteiger partial charge in [0, 0.05) is 6.42 Å². The van der Waals surface area contributed by atoms with Crippen molar-refractivity contribution < 1.29 is 28.7 Å². The molecule has 3 atom stereocenters. The topological polar surface area (TPSA) is 186 Å². The molecule has 12 nitrogen and oxygen atoms in total. The molecule has 126 valence electrons. The van der Waals surface area contributed by atoms with Crippen LogP contribution in [0.15, 0.2) is 11.1 Å². The third kappa shape index (κ3) is 3.13. The highest BCUT2D eigenvalue weighted by atomic mass is 31.2. The lowest BCUT2D eigenvalue weighted by Crippen LogP contribution is -2.26. The van der Waals surface area contributed by atoms with Crippen molar-refractivity contribution in [3.05, 3.63) is 16.8 Å². The number of imidazole rings is 1. The zero-order chi connectivity index (χ0) is 16.8. The van der Waals surface area contributed by atoms with Gasteiger partial charge in [0.1, 0.15) is 29.6 Å². The summed E-state index contributed by atoms with van der Waals surface area (Å²) in [5, 5.41) is 9.28. The van der Waals surface area contributed by atoms with Crippen molar-refractivity contribution in [2.75, 3.05) is 12.3 Å². The van der Waals surface area contributed by atoms with Gasteiger partial charge in [-0.15, -0.1) is 0 Å². The van der Waals surface area contributed by atoms with Crippen LogP contribution in [0, 0.1) is 0 Å². The molecule has 2 aromatic heterocycles. The summed E-state index contributed by atoms with van der Waals surface area (Å²) >= 11 is 0. The summed E-state index contributed by atoms with van der Waals surface area (Å²) < 4.78 is 22.6. The third-order valence-corrected chi connectivity index (χ3v) is 3.97. The zero-order valence-electron chi connectivity index (χ0n) is 11.6. The van der Waals surface area contributed by atoms with Crippen LogP contribution in [-0.2, 0) is 13.8 Å². The number of fused-ring (bicyclic) bond motifs is 1. The molecule has 3 heterocycles. The van der Waals surface area contributed by atoms with Gasteiger partial charge in [-0.1, -0.05) is 0 Å². The summed E-state index contributed by atoms with van der Waals surface area (Å²) in [6, 6.07) is 0. The molecule has 0 aromatic carbocycles. The van der Waals surface area contributed by atoms with Crippen molar-refractivity contribution in [3.63, 3.8) is 0 Å². The van der Waals surface area contributed by atoms with E-state index in [0.29, 0.717) is 0 Å². The molecule has 3 rings (SSSR count). The number of nitrogens with zero attached hydrogens (tertiary/aromatic N) is 3. The van der Waals surface area contributed by atoms with Crippen LogP contribution in [0.4, 0.5) is 5.82 Å². The van der Waals surface area contributed by atoms with E-state index in [4.69, 9.17) is 20.3 Å². The number of aromatic amines is 1. The standard InChI is InChI=1S/C10H14N5O7P/c11-8-7-9(14-10(17)13-8)15(3-12-7)6-1-4(5(2-16)21-6)22-23(18,19)20/h3-6,16H,1-2H2,(H2,18,19,20)(H3,11,13,14,17)/t4?,5-,6-/m1/s1. The van der Waals surface area contributed by atoms with E-state index in [2.05, 4.69) is 19.5 Å². The first-order chi connectivity index (χ1) is 10.8. The summed E-state index contributed by atoms with van der Waals surface area (Å²) in [6.45, 7) is -0.492. The molecular formula is C10H14N5O7P. The van der Waals surface area contributed by atoms with E-state index in [0.717, 1.165) is 0 Å². The van der Waals surface area contributed by atoms with Gasteiger partial charge in [0.25, 0.3) is 0 Å². The largest absolute Gasteiger partial charge is 0.469 e. The molecule has 23 heavy (non-hydrogen) atoms. The van der Waals surface area contributed by atoms with Crippen molar-refractivity contribution >= 4 is 24.8 Å². The molecule has 0 saturated carbocycles. The molecule has 1 aliphatic heterocycles. The first kappa shape index (κ1) is 16.1. The Hall–Kier alpha value is -1.82. The van der Waals surface area contributed by atoms with Crippen LogP contribution in [-0.4, -0.2) is 53.2 Å². The number of aliphatic hydroxyl groups excluding tert-OH is 1. The minimum atomic E-state index is -4.74. The number of aliphatic hydroxyl groups is 1. The number of hydrogen-bond donors (Lipinski definition) is 5. The van der Waals surface area contributed by atoms with Gasteiger partial charge in [0.15, 0.2) is 5.82 Å². The molecule has 13 heteroatoms. The van der Waals surface area contributed by atoms with Crippen LogP contribution in [0.3, 0.4) is 0 Å². The SMILES string of the molecule is Nc1nc(=O)[nH]c2c1ncn2[C@H]1CC(OP(=O)(O)O)[C@@H](CO)O1. The number of aromatic nitrogens is 4. The van der Waals surface area contributed by atoms with E-state index in [1.807, 2.05) is 0 Å². The number of rotatable bonds is 4. The second-order valence-electron chi connectivity index (χ2n) is 4.96. The van der Waals surface area contributed by atoms with Crippen LogP contribution >= 0.6 is 7.82 Å². The van der Waals surface area contributed by atoms with Gasteiger partial charge in [-0.3, -0.25) is 14.1 Å². The Morgan fingerprint density at radius 3 is 2.96 bits per heavy atom. The Morgan fingerprint density at radius 1 is 1.57 bits per heavy atom. The normalized spacial score (nSPS) is 25.3. The van der Waals surface area contributed by atoms with Gasteiger partial charge in [-0.25, -0.2) is 14.3 Å². The third-order valence-electron chi connectivity index (χ3n) is 3.43. The molecule has 2 aromatic rings. The lowest BCUT2D eigenvalue weighted by molar-refractivity contribution is -0.0425. The second kappa shape index (κ2) is 5.67. The molecule has 6 N–H and O–H groups in total. The number of nitrogen functional groups attached to an aromatic ring is 1. The van der Waals surface area contributed by atoms with Crippen LogP contribution in [0.2, 0.25) is 0 Å². The molecule has 1 saturated heterocycles. The Morgan fingerprint density at radius 2 is 2.30 bits per heavy atom. The maximum absolute atomic E-state index is 11.4. The summed E-state index contributed by atoms with van der Waals surface area (Å²) in [5.74, 6) is -0.0535. The van der Waals surface area contributed by atoms with E-state index < -0.39 is 38.6 Å². The van der Waals surface area contributed by atoms with E-state index >= 15 is 0 Å². The second-order valence-corrected chi connectivity index (χ2v) is 6.15. The number of nitrogens with two attached hydrogens (primary N) is 1. The van der Waals surface area contributed by atoms with Crippen molar-refractivity contribution in [3.8, 4) is 0 Å². The van der Waals surface area contributed by atoms with Gasteiger partial charge in [0.05, 0.1) is 12.9 Å². The highest BCUT2D eigenvalue weighted by Crippen LogP contribution is 2.43. The van der Waals surface area contributed by atoms with Gasteiger partial charge in [-0.05, 0) is 0 Å². The maximum Gasteiger partial charge on any atom is 0.469 e. The number of anilines is 1. The number of nitrogens with one attached hydrogen (secondary N) is 1. The van der Waals surface area contributed by atoms with E-state index in [1.54, 1.807) is 0 Å². The lowest BCUT2D eigenvalue weighted by atomic mass is 10.2. The Labute approximate surface area is 128 Å². The summed E-state index contributed by atoms with van der Waals surface area (Å²) in [7, 11) is -4.74. The number of phosphoric ester groups is 1. The molecule has 1 fully saturated rings. The quantitative estimate of drug-likeness (QED) is 0.406. The van der Waals surface area contributed by atoms with Gasteiger partial charge in [0.2, 0.25) is 0 Å². The smallest absolute Gasteiger partial charge is 0.394 e. The predicted octanol–water partition coefficient (Wildman–Crippen LogP) is -1.54.